The Morgan fingerprint density at radius 3 is 2.57 bits per heavy atom. The second-order valence-corrected chi connectivity index (χ2v) is 4.64. The van der Waals surface area contributed by atoms with Gasteiger partial charge in [0, 0.05) is 19.7 Å². The van der Waals surface area contributed by atoms with Gasteiger partial charge in [0.15, 0.2) is 0 Å². The zero-order valence-electron chi connectivity index (χ0n) is 11.5. The Morgan fingerprint density at radius 2 is 2.10 bits per heavy atom. The maximum absolute atomic E-state index is 13.2. The zero-order valence-corrected chi connectivity index (χ0v) is 11.5. The number of carbonyl (C=O) groups excluding carboxylic acids is 2. The fourth-order valence-electron chi connectivity index (χ4n) is 1.94. The van der Waals surface area contributed by atoms with Crippen molar-refractivity contribution in [2.24, 2.45) is 0 Å². The lowest BCUT2D eigenvalue weighted by molar-refractivity contribution is -0.182. The number of halogens is 4. The molecule has 1 aliphatic rings. The summed E-state index contributed by atoms with van der Waals surface area (Å²) in [7, 11) is 1.10. The average molecular weight is 315 g/mol. The zero-order chi connectivity index (χ0) is 16.0. The van der Waals surface area contributed by atoms with Gasteiger partial charge in [0.1, 0.15) is 0 Å². The van der Waals surface area contributed by atoms with Crippen LogP contribution in [-0.4, -0.2) is 62.0 Å². The maximum Gasteiger partial charge on any atom is 0.383 e. The molecule has 0 aromatic carbocycles. The lowest BCUT2D eigenvalue weighted by Crippen LogP contribution is -2.50. The van der Waals surface area contributed by atoms with Crippen molar-refractivity contribution < 1.29 is 36.6 Å². The van der Waals surface area contributed by atoms with Gasteiger partial charge < -0.3 is 14.4 Å². The summed E-state index contributed by atoms with van der Waals surface area (Å²) in [5.41, 5.74) is 0. The Bertz CT molecular complexity index is 372. The van der Waals surface area contributed by atoms with Gasteiger partial charge in [-0.1, -0.05) is 0 Å². The first-order chi connectivity index (χ1) is 9.78. The first-order valence-corrected chi connectivity index (χ1v) is 6.42. The molecule has 1 aliphatic heterocycles. The predicted octanol–water partition coefficient (Wildman–Crippen LogP) is 1.46. The highest BCUT2D eigenvalue weighted by Gasteiger charge is 2.51. The van der Waals surface area contributed by atoms with Crippen molar-refractivity contribution in [3.63, 3.8) is 0 Å². The smallest absolute Gasteiger partial charge is 0.383 e. The minimum atomic E-state index is -4.78. The van der Waals surface area contributed by atoms with Gasteiger partial charge in [-0.3, -0.25) is 9.59 Å². The molecule has 1 amide bonds. The molecule has 0 radical (unpaired) electrons. The number of hydrogen-bond donors (Lipinski definition) is 0. The van der Waals surface area contributed by atoms with Crippen LogP contribution in [0.1, 0.15) is 19.3 Å². The third-order valence-electron chi connectivity index (χ3n) is 3.11. The van der Waals surface area contributed by atoms with E-state index in [0.29, 0.717) is 24.3 Å². The van der Waals surface area contributed by atoms with Crippen LogP contribution in [0.15, 0.2) is 0 Å². The van der Waals surface area contributed by atoms with E-state index in [4.69, 9.17) is 4.74 Å². The van der Waals surface area contributed by atoms with E-state index in [1.54, 1.807) is 0 Å². The molecule has 0 saturated carbocycles. The molecule has 0 aromatic heterocycles. The molecule has 5 nitrogen and oxygen atoms in total. The Morgan fingerprint density at radius 1 is 1.43 bits per heavy atom. The molecule has 1 heterocycles. The quantitative estimate of drug-likeness (QED) is 0.527. The summed E-state index contributed by atoms with van der Waals surface area (Å²) in [6, 6.07) is 0. The molecular formula is C12H17F4NO4. The lowest BCUT2D eigenvalue weighted by atomic mass is 10.2. The van der Waals surface area contributed by atoms with Gasteiger partial charge in [0.05, 0.1) is 19.6 Å². The number of ether oxygens (including phenoxy) is 2. The van der Waals surface area contributed by atoms with Crippen molar-refractivity contribution in [1.82, 2.24) is 4.90 Å². The van der Waals surface area contributed by atoms with Gasteiger partial charge in [-0.25, -0.2) is 8.78 Å². The van der Waals surface area contributed by atoms with Crippen molar-refractivity contribution in [3.8, 4) is 0 Å². The molecule has 0 N–H and O–H groups in total. The summed E-state index contributed by atoms with van der Waals surface area (Å²) in [5, 5.41) is 0. The van der Waals surface area contributed by atoms with Gasteiger partial charge in [0.2, 0.25) is 0 Å². The lowest BCUT2D eigenvalue weighted by Gasteiger charge is -2.28. The van der Waals surface area contributed by atoms with Crippen LogP contribution >= 0.6 is 0 Å². The number of alkyl halides is 4. The van der Waals surface area contributed by atoms with Crippen molar-refractivity contribution >= 4 is 11.9 Å². The third-order valence-corrected chi connectivity index (χ3v) is 3.11. The first kappa shape index (κ1) is 17.7. The molecule has 0 spiro atoms. The molecule has 1 unspecified atom stereocenters. The second-order valence-electron chi connectivity index (χ2n) is 4.64. The number of rotatable bonds is 7. The standard InChI is InChI=1S/C12H17F4NO4/c1-20-9(18)4-5-17(7-8-3-2-6-21-8)11(19)12(15,16)10(13)14/h8,10H,2-7H2,1H3. The number of esters is 1. The second kappa shape index (κ2) is 7.58. The molecule has 1 fully saturated rings. The van der Waals surface area contributed by atoms with Crippen LogP contribution < -0.4 is 0 Å². The van der Waals surface area contributed by atoms with E-state index in [1.807, 2.05) is 0 Å². The minimum Gasteiger partial charge on any atom is -0.469 e. The summed E-state index contributed by atoms with van der Waals surface area (Å²) in [6.45, 7) is -0.249. The Labute approximate surface area is 119 Å². The molecule has 1 saturated heterocycles. The van der Waals surface area contributed by atoms with E-state index in [1.165, 1.54) is 0 Å². The molecule has 9 heteroatoms. The highest BCUT2D eigenvalue weighted by Crippen LogP contribution is 2.26. The third kappa shape index (κ3) is 4.83. The maximum atomic E-state index is 13.2. The highest BCUT2D eigenvalue weighted by atomic mass is 19.3. The van der Waals surface area contributed by atoms with Crippen LogP contribution in [0.3, 0.4) is 0 Å². The normalized spacial score (nSPS) is 18.9. The predicted molar refractivity (Wildman–Crippen MR) is 63.1 cm³/mol. The van der Waals surface area contributed by atoms with Crippen molar-refractivity contribution in [3.05, 3.63) is 0 Å². The fourth-order valence-corrected chi connectivity index (χ4v) is 1.94. The number of nitrogens with zero attached hydrogens (tertiary/aromatic N) is 1. The van der Waals surface area contributed by atoms with Crippen LogP contribution in [-0.2, 0) is 19.1 Å². The van der Waals surface area contributed by atoms with Gasteiger partial charge >= 0.3 is 18.3 Å². The van der Waals surface area contributed by atoms with Crippen LogP contribution in [0.25, 0.3) is 0 Å². The SMILES string of the molecule is COC(=O)CCN(CC1CCCO1)C(=O)C(F)(F)C(F)F. The monoisotopic (exact) mass is 315 g/mol. The van der Waals surface area contributed by atoms with Crippen LogP contribution in [0.5, 0.6) is 0 Å². The summed E-state index contributed by atoms with van der Waals surface area (Å²) < 4.78 is 60.4. The van der Waals surface area contributed by atoms with E-state index in [2.05, 4.69) is 4.74 Å². The molecule has 1 rings (SSSR count). The van der Waals surface area contributed by atoms with E-state index < -0.39 is 36.9 Å². The number of carbonyl (C=O) groups is 2. The molecule has 0 aliphatic carbocycles. The first-order valence-electron chi connectivity index (χ1n) is 6.42. The van der Waals surface area contributed by atoms with E-state index >= 15 is 0 Å². The molecule has 0 aromatic rings. The van der Waals surface area contributed by atoms with Crippen LogP contribution in [0.2, 0.25) is 0 Å². The van der Waals surface area contributed by atoms with Crippen molar-refractivity contribution in [2.75, 3.05) is 26.8 Å². The number of methoxy groups -OCH3 is 1. The van der Waals surface area contributed by atoms with E-state index in [-0.39, 0.29) is 13.0 Å². The number of hydrogen-bond acceptors (Lipinski definition) is 4. The van der Waals surface area contributed by atoms with Crippen molar-refractivity contribution in [2.45, 2.75) is 37.7 Å². The summed E-state index contributed by atoms with van der Waals surface area (Å²) >= 11 is 0. The Balaban J connectivity index is 2.74. The van der Waals surface area contributed by atoms with Crippen molar-refractivity contribution in [1.29, 1.82) is 0 Å². The highest BCUT2D eigenvalue weighted by molar-refractivity contribution is 5.84. The van der Waals surface area contributed by atoms with Crippen LogP contribution in [0.4, 0.5) is 17.6 Å². The molecule has 1 atom stereocenters. The topological polar surface area (TPSA) is 55.8 Å². The number of amides is 1. The van der Waals surface area contributed by atoms with Gasteiger partial charge in [-0.05, 0) is 12.8 Å². The minimum absolute atomic E-state index is 0.252. The fraction of sp³-hybridized carbons (Fsp3) is 0.833. The molecule has 21 heavy (non-hydrogen) atoms. The van der Waals surface area contributed by atoms with E-state index in [0.717, 1.165) is 7.11 Å². The molecular weight excluding hydrogens is 298 g/mol. The largest absolute Gasteiger partial charge is 0.469 e. The Kier molecular flexibility index (Phi) is 6.38. The molecule has 0 bridgehead atoms. The van der Waals surface area contributed by atoms with Crippen LogP contribution in [0, 0.1) is 0 Å². The van der Waals surface area contributed by atoms with Gasteiger partial charge in [-0.2, -0.15) is 8.78 Å². The molecule has 122 valence electrons. The summed E-state index contributed by atoms with van der Waals surface area (Å²) in [6.07, 6.45) is -3.69. The summed E-state index contributed by atoms with van der Waals surface area (Å²) in [4.78, 5) is 23.2. The average Bonchev–Trinajstić information content (AvgIpc) is 2.94. The van der Waals surface area contributed by atoms with E-state index in [9.17, 15) is 27.2 Å². The van der Waals surface area contributed by atoms with Gasteiger partial charge in [0.25, 0.3) is 5.91 Å². The Hall–Kier alpha value is -1.38. The summed E-state index contributed by atoms with van der Waals surface area (Å²) in [5.74, 6) is -7.51. The van der Waals surface area contributed by atoms with Gasteiger partial charge in [-0.15, -0.1) is 0 Å².